The molecule has 2 N–H and O–H groups in total. The van der Waals surface area contributed by atoms with Gasteiger partial charge in [-0.25, -0.2) is 0 Å². The van der Waals surface area contributed by atoms with E-state index in [0.29, 0.717) is 31.2 Å². The Morgan fingerprint density at radius 3 is 2.58 bits per heavy atom. The van der Waals surface area contributed by atoms with Gasteiger partial charge >= 0.3 is 0 Å². The Hall–Kier alpha value is -3.47. The number of methoxy groups -OCH3 is 1. The van der Waals surface area contributed by atoms with E-state index in [9.17, 15) is 15.8 Å². The van der Waals surface area contributed by atoms with Gasteiger partial charge in [0.2, 0.25) is 0 Å². The lowest BCUT2D eigenvalue weighted by Crippen LogP contribution is -2.47. The molecule has 0 saturated carbocycles. The largest absolute Gasteiger partial charge is 0.493 e. The van der Waals surface area contributed by atoms with Crippen LogP contribution in [-0.2, 0) is 0 Å². The number of fused-ring (bicyclic) bond motifs is 1. The van der Waals surface area contributed by atoms with Crippen LogP contribution >= 0.6 is 0 Å². The van der Waals surface area contributed by atoms with Crippen LogP contribution in [0.4, 0.5) is 0 Å². The average Bonchev–Trinajstić information content (AvgIpc) is 2.79. The van der Waals surface area contributed by atoms with E-state index < -0.39 is 11.3 Å². The third-order valence-corrected chi connectivity index (χ3v) is 6.15. The molecule has 0 unspecified atom stereocenters. The second kappa shape index (κ2) is 9.13. The molecule has 1 aliphatic carbocycles. The number of benzene rings is 1. The highest BCUT2D eigenvalue weighted by molar-refractivity contribution is 5.60. The summed E-state index contributed by atoms with van der Waals surface area (Å²) in [6.07, 6.45) is 3.93. The monoisotopic (exact) mass is 417 g/mol. The SMILES string of the molecule is CCCCOc1ccc([C@@H]2[C@@H]3CN(C)CC=C3C(C#N)=C(N)C2(C#N)C#N)cc1OC. The quantitative estimate of drug-likeness (QED) is 0.706. The molecule has 1 aliphatic heterocycles. The molecule has 7 heteroatoms. The summed E-state index contributed by atoms with van der Waals surface area (Å²) >= 11 is 0. The average molecular weight is 418 g/mol. The Balaban J connectivity index is 2.18. The fourth-order valence-corrected chi connectivity index (χ4v) is 4.52. The zero-order valence-electron chi connectivity index (χ0n) is 18.2. The van der Waals surface area contributed by atoms with Crippen molar-refractivity contribution >= 4 is 0 Å². The summed E-state index contributed by atoms with van der Waals surface area (Å²) in [7, 11) is 3.54. The molecule has 0 saturated heterocycles. The van der Waals surface area contributed by atoms with Gasteiger partial charge in [0.1, 0.15) is 6.07 Å². The molecule has 0 fully saturated rings. The van der Waals surface area contributed by atoms with E-state index in [-0.39, 0.29) is 17.2 Å². The topological polar surface area (TPSA) is 119 Å². The minimum absolute atomic E-state index is 0.0271. The second-order valence-electron chi connectivity index (χ2n) is 8.01. The summed E-state index contributed by atoms with van der Waals surface area (Å²) in [5.74, 6) is 0.387. The first kappa shape index (κ1) is 22.2. The smallest absolute Gasteiger partial charge is 0.191 e. The van der Waals surface area contributed by atoms with Crippen molar-refractivity contribution in [2.24, 2.45) is 17.1 Å². The molecule has 0 bridgehead atoms. The lowest BCUT2D eigenvalue weighted by molar-refractivity contribution is 0.237. The van der Waals surface area contributed by atoms with Crippen molar-refractivity contribution < 1.29 is 9.47 Å². The van der Waals surface area contributed by atoms with Crippen molar-refractivity contribution in [1.82, 2.24) is 4.90 Å². The predicted octanol–water partition coefficient (Wildman–Crippen LogP) is 3.23. The number of ether oxygens (including phenoxy) is 2. The molecule has 2 atom stereocenters. The molecule has 0 spiro atoms. The first-order valence-corrected chi connectivity index (χ1v) is 10.4. The fourth-order valence-electron chi connectivity index (χ4n) is 4.52. The highest BCUT2D eigenvalue weighted by Gasteiger charge is 2.54. The molecular weight excluding hydrogens is 390 g/mol. The molecule has 7 nitrogen and oxygen atoms in total. The third-order valence-electron chi connectivity index (χ3n) is 6.15. The summed E-state index contributed by atoms with van der Waals surface area (Å²) in [6.45, 7) is 3.96. The van der Waals surface area contributed by atoms with Gasteiger partial charge in [-0.2, -0.15) is 15.8 Å². The number of allylic oxidation sites excluding steroid dienone is 2. The van der Waals surface area contributed by atoms with Gasteiger partial charge in [0.15, 0.2) is 16.9 Å². The van der Waals surface area contributed by atoms with Crippen LogP contribution in [0.15, 0.2) is 41.1 Å². The molecule has 1 heterocycles. The minimum Gasteiger partial charge on any atom is -0.493 e. The van der Waals surface area contributed by atoms with Crippen LogP contribution in [0.1, 0.15) is 31.2 Å². The van der Waals surface area contributed by atoms with Gasteiger partial charge in [0.05, 0.1) is 37.1 Å². The molecule has 1 aromatic carbocycles. The number of nitrogens with zero attached hydrogens (tertiary/aromatic N) is 4. The van der Waals surface area contributed by atoms with Gasteiger partial charge < -0.3 is 20.1 Å². The van der Waals surface area contributed by atoms with Crippen molar-refractivity contribution in [1.29, 1.82) is 15.8 Å². The van der Waals surface area contributed by atoms with Crippen LogP contribution in [-0.4, -0.2) is 38.8 Å². The summed E-state index contributed by atoms with van der Waals surface area (Å²) in [5.41, 5.74) is 6.54. The van der Waals surface area contributed by atoms with E-state index >= 15 is 0 Å². The van der Waals surface area contributed by atoms with E-state index in [0.717, 1.165) is 24.0 Å². The lowest BCUT2D eigenvalue weighted by Gasteiger charge is -2.45. The van der Waals surface area contributed by atoms with Crippen LogP contribution < -0.4 is 15.2 Å². The molecule has 31 heavy (non-hydrogen) atoms. The number of nitrogens with two attached hydrogens (primary N) is 1. The zero-order valence-corrected chi connectivity index (χ0v) is 18.2. The number of rotatable bonds is 6. The van der Waals surface area contributed by atoms with Crippen LogP contribution in [0, 0.1) is 45.3 Å². The van der Waals surface area contributed by atoms with E-state index in [2.05, 4.69) is 30.0 Å². The van der Waals surface area contributed by atoms with Gasteiger partial charge in [-0.05, 0) is 36.7 Å². The number of nitriles is 3. The van der Waals surface area contributed by atoms with Gasteiger partial charge in [-0.3, -0.25) is 0 Å². The van der Waals surface area contributed by atoms with Crippen LogP contribution in [0.25, 0.3) is 0 Å². The molecule has 0 aromatic heterocycles. The molecule has 1 aromatic rings. The second-order valence-corrected chi connectivity index (χ2v) is 8.01. The van der Waals surface area contributed by atoms with E-state index in [1.807, 2.05) is 31.3 Å². The minimum atomic E-state index is -1.65. The summed E-state index contributed by atoms with van der Waals surface area (Å²) < 4.78 is 11.4. The first-order chi connectivity index (χ1) is 15.0. The normalized spacial score (nSPS) is 22.4. The highest BCUT2D eigenvalue weighted by atomic mass is 16.5. The van der Waals surface area contributed by atoms with Gasteiger partial charge in [-0.1, -0.05) is 25.5 Å². The Kier molecular flexibility index (Phi) is 6.54. The summed E-state index contributed by atoms with van der Waals surface area (Å²) in [4.78, 5) is 2.11. The van der Waals surface area contributed by atoms with Crippen molar-refractivity contribution in [3.63, 3.8) is 0 Å². The number of unbranched alkanes of at least 4 members (excludes halogenated alkanes) is 1. The number of hydrogen-bond donors (Lipinski definition) is 1. The Morgan fingerprint density at radius 1 is 1.23 bits per heavy atom. The summed E-state index contributed by atoms with van der Waals surface area (Å²) in [6, 6.07) is 12.0. The maximum absolute atomic E-state index is 10.2. The van der Waals surface area contributed by atoms with Crippen molar-refractivity contribution in [2.75, 3.05) is 33.9 Å². The first-order valence-electron chi connectivity index (χ1n) is 10.4. The van der Waals surface area contributed by atoms with Gasteiger partial charge in [-0.15, -0.1) is 0 Å². The van der Waals surface area contributed by atoms with Crippen molar-refractivity contribution in [3.05, 3.63) is 46.7 Å². The zero-order chi connectivity index (χ0) is 22.6. The Labute approximate surface area is 183 Å². The third kappa shape index (κ3) is 3.72. The maximum atomic E-state index is 10.2. The highest BCUT2D eigenvalue weighted by Crippen LogP contribution is 2.54. The van der Waals surface area contributed by atoms with Crippen molar-refractivity contribution in [3.8, 4) is 29.7 Å². The number of hydrogen-bond acceptors (Lipinski definition) is 7. The van der Waals surface area contributed by atoms with Crippen LogP contribution in [0.3, 0.4) is 0 Å². The molecule has 2 aliphatic rings. The predicted molar refractivity (Wildman–Crippen MR) is 116 cm³/mol. The standard InChI is InChI=1S/C24H27N5O2/c1-4-5-10-31-20-7-6-16(11-21(20)30-3)22-19-13-29(2)9-8-17(19)18(12-25)23(28)24(22,14-26)15-27/h6-8,11,19,22H,4-5,9-10,13,28H2,1-3H3/t19-,22-/m1/s1. The molecule has 3 rings (SSSR count). The van der Waals surface area contributed by atoms with E-state index in [1.54, 1.807) is 7.11 Å². The molecule has 160 valence electrons. The van der Waals surface area contributed by atoms with E-state index in [1.165, 1.54) is 0 Å². The van der Waals surface area contributed by atoms with Crippen LogP contribution in [0.5, 0.6) is 11.5 Å². The molecular formula is C24H27N5O2. The Bertz CT molecular complexity index is 1020. The van der Waals surface area contributed by atoms with Crippen molar-refractivity contribution in [2.45, 2.75) is 25.7 Å². The van der Waals surface area contributed by atoms with Gasteiger partial charge in [0.25, 0.3) is 0 Å². The lowest BCUT2D eigenvalue weighted by atomic mass is 9.58. The van der Waals surface area contributed by atoms with Crippen LogP contribution in [0.2, 0.25) is 0 Å². The molecule has 0 amide bonds. The maximum Gasteiger partial charge on any atom is 0.191 e. The Morgan fingerprint density at radius 2 is 1.97 bits per heavy atom. The number of likely N-dealkylation sites (N-methyl/N-ethyl adjacent to an activating group) is 1. The summed E-state index contributed by atoms with van der Waals surface area (Å²) in [5, 5.41) is 30.1. The van der Waals surface area contributed by atoms with Gasteiger partial charge in [0, 0.05) is 24.9 Å². The molecule has 0 radical (unpaired) electrons. The fraction of sp³-hybridized carbons (Fsp3) is 0.458. The van der Waals surface area contributed by atoms with E-state index in [4.69, 9.17) is 15.2 Å².